The quantitative estimate of drug-likeness (QED) is 0.743. The molecule has 1 aromatic rings. The third kappa shape index (κ3) is 3.84. The van der Waals surface area contributed by atoms with Crippen LogP contribution in [0, 0.1) is 5.41 Å². The van der Waals surface area contributed by atoms with Crippen molar-refractivity contribution in [2.45, 2.75) is 50.7 Å². The maximum Gasteiger partial charge on any atom is 0.231 e. The van der Waals surface area contributed by atoms with Crippen molar-refractivity contribution in [2.75, 3.05) is 46.5 Å². The minimum Gasteiger partial charge on any atom is -0.384 e. The summed E-state index contributed by atoms with van der Waals surface area (Å²) >= 11 is 0. The van der Waals surface area contributed by atoms with Crippen molar-refractivity contribution in [1.82, 2.24) is 19.6 Å². The molecule has 1 aliphatic carbocycles. The lowest BCUT2D eigenvalue weighted by Crippen LogP contribution is -2.58. The van der Waals surface area contributed by atoms with Crippen LogP contribution < -0.4 is 0 Å². The molecular weight excluding hydrogens is 356 g/mol. The molecule has 156 valence electrons. The summed E-state index contributed by atoms with van der Waals surface area (Å²) in [6, 6.07) is -0.0776. The lowest BCUT2D eigenvalue weighted by Gasteiger charge is -2.49. The Bertz CT molecular complexity index is 666. The fourth-order valence-electron chi connectivity index (χ4n) is 5.10. The van der Waals surface area contributed by atoms with E-state index in [0.29, 0.717) is 19.8 Å². The highest BCUT2D eigenvalue weighted by Gasteiger charge is 2.50. The summed E-state index contributed by atoms with van der Waals surface area (Å²) in [6.07, 6.45) is 10.7. The van der Waals surface area contributed by atoms with Crippen molar-refractivity contribution in [1.29, 1.82) is 0 Å². The number of carbonyl (C=O) groups is 1. The highest BCUT2D eigenvalue weighted by molar-refractivity contribution is 5.84. The molecule has 1 saturated carbocycles. The third-order valence-electron chi connectivity index (χ3n) is 6.75. The van der Waals surface area contributed by atoms with Gasteiger partial charge in [0.05, 0.1) is 37.0 Å². The number of hydrogen-bond acceptors (Lipinski definition) is 5. The predicted molar refractivity (Wildman–Crippen MR) is 106 cm³/mol. The number of hydrogen-bond donors (Lipinski definition) is 0. The molecule has 28 heavy (non-hydrogen) atoms. The molecule has 3 heterocycles. The summed E-state index contributed by atoms with van der Waals surface area (Å²) in [5.41, 5.74) is 0.729. The van der Waals surface area contributed by atoms with Gasteiger partial charge in [0.2, 0.25) is 5.91 Å². The van der Waals surface area contributed by atoms with Gasteiger partial charge in [-0.1, -0.05) is 12.8 Å². The number of morpholine rings is 1. The number of likely N-dealkylation sites (tertiary alicyclic amines) is 1. The van der Waals surface area contributed by atoms with Crippen LogP contribution >= 0.6 is 0 Å². The van der Waals surface area contributed by atoms with Gasteiger partial charge in [0, 0.05) is 39.0 Å². The Hall–Kier alpha value is -1.44. The summed E-state index contributed by atoms with van der Waals surface area (Å²) in [4.78, 5) is 18.2. The van der Waals surface area contributed by atoms with E-state index < -0.39 is 0 Å². The smallest absolute Gasteiger partial charge is 0.231 e. The van der Waals surface area contributed by atoms with Crippen molar-refractivity contribution in [3.63, 3.8) is 0 Å². The van der Waals surface area contributed by atoms with E-state index in [0.717, 1.165) is 44.5 Å². The standard InChI is InChI=1S/C21H34N4O3/c1-23-14-17(13-22-23)19-18(15-24-9-4-3-5-10-24)28-12-11-25(19)20(26)21(16-27-2)7-6-8-21/h13-14,18-19H,3-12,15-16H2,1-2H3/t18-,19-/m0/s1. The van der Waals surface area contributed by atoms with E-state index in [1.54, 1.807) is 7.11 Å². The van der Waals surface area contributed by atoms with Gasteiger partial charge in [-0.3, -0.25) is 9.48 Å². The minimum absolute atomic E-state index is 0.0142. The molecule has 0 bridgehead atoms. The Balaban J connectivity index is 1.59. The molecule has 3 aliphatic rings. The summed E-state index contributed by atoms with van der Waals surface area (Å²) in [5.74, 6) is 0.237. The van der Waals surface area contributed by atoms with Gasteiger partial charge in [-0.05, 0) is 38.8 Å². The van der Waals surface area contributed by atoms with E-state index in [4.69, 9.17) is 9.47 Å². The number of carbonyl (C=O) groups excluding carboxylic acids is 1. The molecule has 2 atom stereocenters. The van der Waals surface area contributed by atoms with Gasteiger partial charge in [-0.2, -0.15) is 5.10 Å². The first-order valence-electron chi connectivity index (χ1n) is 10.8. The molecule has 1 amide bonds. The monoisotopic (exact) mass is 390 g/mol. The SMILES string of the molecule is COCC1(C(=O)N2CCO[C@@H](CN3CCCCC3)[C@@H]2c2cnn(C)c2)CCC1. The second-order valence-corrected chi connectivity index (χ2v) is 8.73. The summed E-state index contributed by atoms with van der Waals surface area (Å²) in [6.45, 7) is 4.88. The highest BCUT2D eigenvalue weighted by Crippen LogP contribution is 2.45. The first-order chi connectivity index (χ1) is 13.6. The molecule has 3 fully saturated rings. The van der Waals surface area contributed by atoms with E-state index in [1.807, 2.05) is 24.1 Å². The molecule has 0 spiro atoms. The van der Waals surface area contributed by atoms with Gasteiger partial charge in [0.15, 0.2) is 0 Å². The third-order valence-corrected chi connectivity index (χ3v) is 6.75. The first kappa shape index (κ1) is 19.9. The van der Waals surface area contributed by atoms with Gasteiger partial charge in [0.1, 0.15) is 0 Å². The zero-order valence-electron chi connectivity index (χ0n) is 17.3. The number of piperidine rings is 1. The van der Waals surface area contributed by atoms with Crippen LogP contribution in [0.5, 0.6) is 0 Å². The molecule has 0 radical (unpaired) electrons. The van der Waals surface area contributed by atoms with Crippen LogP contribution in [-0.2, 0) is 21.3 Å². The zero-order chi connectivity index (χ0) is 19.6. The number of ether oxygens (including phenoxy) is 2. The highest BCUT2D eigenvalue weighted by atomic mass is 16.5. The van der Waals surface area contributed by atoms with E-state index in [2.05, 4.69) is 14.9 Å². The largest absolute Gasteiger partial charge is 0.384 e. The molecule has 1 aromatic heterocycles. The van der Waals surface area contributed by atoms with Crippen LogP contribution in [0.3, 0.4) is 0 Å². The van der Waals surface area contributed by atoms with Crippen LogP contribution in [-0.4, -0.2) is 78.1 Å². The molecule has 7 nitrogen and oxygen atoms in total. The van der Waals surface area contributed by atoms with Crippen molar-refractivity contribution in [2.24, 2.45) is 12.5 Å². The summed E-state index contributed by atoms with van der Waals surface area (Å²) in [7, 11) is 3.63. The normalized spacial score (nSPS) is 28.1. The number of amides is 1. The molecule has 0 aromatic carbocycles. The first-order valence-corrected chi connectivity index (χ1v) is 10.8. The molecule has 2 aliphatic heterocycles. The average Bonchev–Trinajstić information content (AvgIpc) is 3.11. The lowest BCUT2D eigenvalue weighted by molar-refractivity contribution is -0.168. The molecule has 0 N–H and O–H groups in total. The Morgan fingerprint density at radius 3 is 2.64 bits per heavy atom. The number of nitrogens with zero attached hydrogens (tertiary/aromatic N) is 4. The maximum absolute atomic E-state index is 13.7. The van der Waals surface area contributed by atoms with Gasteiger partial charge >= 0.3 is 0 Å². The Kier molecular flexibility index (Phi) is 6.04. The van der Waals surface area contributed by atoms with Crippen LogP contribution in [0.4, 0.5) is 0 Å². The lowest BCUT2D eigenvalue weighted by atomic mass is 9.68. The Morgan fingerprint density at radius 1 is 1.25 bits per heavy atom. The van der Waals surface area contributed by atoms with Gasteiger partial charge in [-0.25, -0.2) is 0 Å². The molecule has 7 heteroatoms. The molecule has 2 saturated heterocycles. The van der Waals surface area contributed by atoms with E-state index in [9.17, 15) is 4.79 Å². The maximum atomic E-state index is 13.7. The molecule has 4 rings (SSSR count). The number of rotatable bonds is 6. The van der Waals surface area contributed by atoms with Crippen LogP contribution in [0.25, 0.3) is 0 Å². The zero-order valence-corrected chi connectivity index (χ0v) is 17.3. The second kappa shape index (κ2) is 8.51. The summed E-state index contributed by atoms with van der Waals surface area (Å²) < 4.78 is 13.5. The van der Waals surface area contributed by atoms with Crippen molar-refractivity contribution >= 4 is 5.91 Å². The molecule has 0 unspecified atom stereocenters. The average molecular weight is 391 g/mol. The topological polar surface area (TPSA) is 59.8 Å². The van der Waals surface area contributed by atoms with Crippen LogP contribution in [0.1, 0.15) is 50.1 Å². The number of aromatic nitrogens is 2. The van der Waals surface area contributed by atoms with Crippen LogP contribution in [0.15, 0.2) is 12.4 Å². The van der Waals surface area contributed by atoms with Gasteiger partial charge in [-0.15, -0.1) is 0 Å². The number of aryl methyl sites for hydroxylation is 1. The van der Waals surface area contributed by atoms with Crippen molar-refractivity contribution in [3.8, 4) is 0 Å². The fraction of sp³-hybridized carbons (Fsp3) is 0.810. The van der Waals surface area contributed by atoms with Gasteiger partial charge in [0.25, 0.3) is 0 Å². The molecular formula is C21H34N4O3. The fourth-order valence-corrected chi connectivity index (χ4v) is 5.10. The second-order valence-electron chi connectivity index (χ2n) is 8.73. The number of methoxy groups -OCH3 is 1. The van der Waals surface area contributed by atoms with E-state index in [-0.39, 0.29) is 23.5 Å². The Labute approximate surface area is 167 Å². The predicted octanol–water partition coefficient (Wildman–Crippen LogP) is 1.99. The summed E-state index contributed by atoms with van der Waals surface area (Å²) in [5, 5.41) is 4.38. The minimum atomic E-state index is -0.345. The van der Waals surface area contributed by atoms with E-state index >= 15 is 0 Å². The van der Waals surface area contributed by atoms with Gasteiger partial charge < -0.3 is 19.3 Å². The van der Waals surface area contributed by atoms with Crippen molar-refractivity contribution in [3.05, 3.63) is 18.0 Å². The van der Waals surface area contributed by atoms with Crippen LogP contribution in [0.2, 0.25) is 0 Å². The Morgan fingerprint density at radius 2 is 2.04 bits per heavy atom. The van der Waals surface area contributed by atoms with Crippen molar-refractivity contribution < 1.29 is 14.3 Å². The van der Waals surface area contributed by atoms with E-state index in [1.165, 1.54) is 19.3 Å².